The maximum absolute atomic E-state index is 11.7. The Kier molecular flexibility index (Phi) is 3.57. The molecular weight excluding hydrogens is 202 g/mol. The summed E-state index contributed by atoms with van der Waals surface area (Å²) in [5.41, 5.74) is 1.98. The molecule has 1 amide bonds. The van der Waals surface area contributed by atoms with Gasteiger partial charge in [-0.15, -0.1) is 0 Å². The lowest BCUT2D eigenvalue weighted by Gasteiger charge is -2.11. The number of amides is 1. The Balaban J connectivity index is 1.89. The molecule has 1 unspecified atom stereocenters. The van der Waals surface area contributed by atoms with Gasteiger partial charge < -0.3 is 10.1 Å². The molecular formula is C13H17NO2. The fourth-order valence-electron chi connectivity index (χ4n) is 1.93. The van der Waals surface area contributed by atoms with Gasteiger partial charge in [0, 0.05) is 12.3 Å². The molecule has 1 aliphatic heterocycles. The highest BCUT2D eigenvalue weighted by Crippen LogP contribution is 2.17. The van der Waals surface area contributed by atoms with E-state index in [1.165, 1.54) is 0 Å². The zero-order chi connectivity index (χ0) is 11.4. The van der Waals surface area contributed by atoms with E-state index >= 15 is 0 Å². The minimum absolute atomic E-state index is 0.0428. The van der Waals surface area contributed by atoms with E-state index < -0.39 is 0 Å². The summed E-state index contributed by atoms with van der Waals surface area (Å²) in [6.45, 7) is 2.78. The van der Waals surface area contributed by atoms with Crippen LogP contribution in [0, 0.1) is 6.92 Å². The van der Waals surface area contributed by atoms with E-state index in [0.29, 0.717) is 6.42 Å². The molecule has 3 heteroatoms. The normalized spacial score (nSPS) is 19.7. The molecule has 0 radical (unpaired) electrons. The fourth-order valence-corrected chi connectivity index (χ4v) is 1.93. The van der Waals surface area contributed by atoms with E-state index in [4.69, 9.17) is 4.74 Å². The van der Waals surface area contributed by atoms with Crippen LogP contribution in [0.4, 0.5) is 5.69 Å². The Hall–Kier alpha value is -1.35. The first-order valence-electron chi connectivity index (χ1n) is 5.73. The number of benzene rings is 1. The van der Waals surface area contributed by atoms with E-state index in [1.807, 2.05) is 31.2 Å². The quantitative estimate of drug-likeness (QED) is 0.848. The number of ether oxygens (including phenoxy) is 1. The number of carbonyl (C=O) groups excluding carboxylic acids is 1. The average molecular weight is 219 g/mol. The fraction of sp³-hybridized carbons (Fsp3) is 0.462. The standard InChI is InChI=1S/C13H17NO2/c1-10-5-2-3-7-12(10)14-13(15)9-11-6-4-8-16-11/h2-3,5,7,11H,4,6,8-9H2,1H3,(H,14,15). The highest BCUT2D eigenvalue weighted by atomic mass is 16.5. The third-order valence-corrected chi connectivity index (χ3v) is 2.86. The second kappa shape index (κ2) is 5.12. The van der Waals surface area contributed by atoms with Crippen molar-refractivity contribution in [2.75, 3.05) is 11.9 Å². The summed E-state index contributed by atoms with van der Waals surface area (Å²) in [6, 6.07) is 7.80. The Morgan fingerprint density at radius 1 is 1.50 bits per heavy atom. The highest BCUT2D eigenvalue weighted by Gasteiger charge is 2.19. The van der Waals surface area contributed by atoms with Crippen molar-refractivity contribution in [3.63, 3.8) is 0 Å². The first-order valence-corrected chi connectivity index (χ1v) is 5.73. The minimum Gasteiger partial charge on any atom is -0.378 e. The largest absolute Gasteiger partial charge is 0.378 e. The summed E-state index contributed by atoms with van der Waals surface area (Å²) in [5.74, 6) is 0.0428. The van der Waals surface area contributed by atoms with Gasteiger partial charge >= 0.3 is 0 Å². The first kappa shape index (κ1) is 11.1. The van der Waals surface area contributed by atoms with Gasteiger partial charge in [0.2, 0.25) is 5.91 Å². The monoisotopic (exact) mass is 219 g/mol. The van der Waals surface area contributed by atoms with Crippen LogP contribution in [0.3, 0.4) is 0 Å². The van der Waals surface area contributed by atoms with Crippen molar-refractivity contribution in [2.45, 2.75) is 32.3 Å². The predicted molar refractivity (Wildman–Crippen MR) is 63.4 cm³/mol. The Morgan fingerprint density at radius 2 is 2.31 bits per heavy atom. The summed E-state index contributed by atoms with van der Waals surface area (Å²) >= 11 is 0. The van der Waals surface area contributed by atoms with E-state index in [1.54, 1.807) is 0 Å². The SMILES string of the molecule is Cc1ccccc1NC(=O)CC1CCCO1. The lowest BCUT2D eigenvalue weighted by molar-refractivity contribution is -0.118. The number of nitrogens with one attached hydrogen (secondary N) is 1. The molecule has 1 aromatic carbocycles. The molecule has 86 valence electrons. The summed E-state index contributed by atoms with van der Waals surface area (Å²) in [6.07, 6.45) is 2.65. The number of anilines is 1. The van der Waals surface area contributed by atoms with E-state index in [2.05, 4.69) is 5.32 Å². The minimum atomic E-state index is 0.0428. The number of hydrogen-bond acceptors (Lipinski definition) is 2. The van der Waals surface area contributed by atoms with Gasteiger partial charge in [-0.2, -0.15) is 0 Å². The Labute approximate surface area is 95.8 Å². The van der Waals surface area contributed by atoms with Gasteiger partial charge in [0.25, 0.3) is 0 Å². The number of rotatable bonds is 3. The molecule has 1 saturated heterocycles. The van der Waals surface area contributed by atoms with Crippen molar-refractivity contribution in [1.82, 2.24) is 0 Å². The van der Waals surface area contributed by atoms with Gasteiger partial charge in [-0.05, 0) is 31.4 Å². The van der Waals surface area contributed by atoms with Crippen molar-refractivity contribution >= 4 is 11.6 Å². The Bertz CT molecular complexity index is 370. The van der Waals surface area contributed by atoms with Crippen LogP contribution in [-0.2, 0) is 9.53 Å². The molecule has 1 fully saturated rings. The maximum atomic E-state index is 11.7. The molecule has 2 rings (SSSR count). The van der Waals surface area contributed by atoms with Crippen molar-refractivity contribution in [1.29, 1.82) is 0 Å². The molecule has 0 bridgehead atoms. The molecule has 0 aromatic heterocycles. The second-order valence-electron chi connectivity index (χ2n) is 4.20. The number of carbonyl (C=O) groups is 1. The summed E-state index contributed by atoms with van der Waals surface area (Å²) in [4.78, 5) is 11.7. The van der Waals surface area contributed by atoms with E-state index in [0.717, 1.165) is 30.7 Å². The molecule has 1 heterocycles. The first-order chi connectivity index (χ1) is 7.75. The molecule has 16 heavy (non-hydrogen) atoms. The van der Waals surface area contributed by atoms with Crippen molar-refractivity contribution in [3.8, 4) is 0 Å². The zero-order valence-electron chi connectivity index (χ0n) is 9.53. The third kappa shape index (κ3) is 2.83. The van der Waals surface area contributed by atoms with Crippen molar-refractivity contribution < 1.29 is 9.53 Å². The maximum Gasteiger partial charge on any atom is 0.226 e. The lowest BCUT2D eigenvalue weighted by atomic mass is 10.1. The number of aryl methyl sites for hydroxylation is 1. The molecule has 0 aliphatic carbocycles. The van der Waals surface area contributed by atoms with Crippen LogP contribution >= 0.6 is 0 Å². The van der Waals surface area contributed by atoms with Crippen LogP contribution in [0.2, 0.25) is 0 Å². The molecule has 0 saturated carbocycles. The summed E-state index contributed by atoms with van der Waals surface area (Å²) < 4.78 is 5.43. The molecule has 3 nitrogen and oxygen atoms in total. The van der Waals surface area contributed by atoms with Crippen LogP contribution in [0.25, 0.3) is 0 Å². The van der Waals surface area contributed by atoms with Gasteiger partial charge in [0.05, 0.1) is 12.5 Å². The topological polar surface area (TPSA) is 38.3 Å². The molecule has 1 atom stereocenters. The predicted octanol–water partition coefficient (Wildman–Crippen LogP) is 2.50. The van der Waals surface area contributed by atoms with Crippen molar-refractivity contribution in [3.05, 3.63) is 29.8 Å². The third-order valence-electron chi connectivity index (χ3n) is 2.86. The summed E-state index contributed by atoms with van der Waals surface area (Å²) in [7, 11) is 0. The molecule has 1 aliphatic rings. The number of para-hydroxylation sites is 1. The van der Waals surface area contributed by atoms with Gasteiger partial charge in [-0.1, -0.05) is 18.2 Å². The number of hydrogen-bond donors (Lipinski definition) is 1. The second-order valence-corrected chi connectivity index (χ2v) is 4.20. The van der Waals surface area contributed by atoms with E-state index in [9.17, 15) is 4.79 Å². The molecule has 0 spiro atoms. The van der Waals surface area contributed by atoms with Crippen molar-refractivity contribution in [2.24, 2.45) is 0 Å². The van der Waals surface area contributed by atoms with Gasteiger partial charge in [-0.3, -0.25) is 4.79 Å². The van der Waals surface area contributed by atoms with Crippen LogP contribution in [0.15, 0.2) is 24.3 Å². The zero-order valence-corrected chi connectivity index (χ0v) is 9.53. The van der Waals surface area contributed by atoms with Crippen LogP contribution in [0.1, 0.15) is 24.8 Å². The summed E-state index contributed by atoms with van der Waals surface area (Å²) in [5, 5.41) is 2.92. The van der Waals surface area contributed by atoms with Gasteiger partial charge in [-0.25, -0.2) is 0 Å². The lowest BCUT2D eigenvalue weighted by Crippen LogP contribution is -2.19. The van der Waals surface area contributed by atoms with Gasteiger partial charge in [0.15, 0.2) is 0 Å². The van der Waals surface area contributed by atoms with Crippen LogP contribution in [-0.4, -0.2) is 18.6 Å². The highest BCUT2D eigenvalue weighted by molar-refractivity contribution is 5.91. The average Bonchev–Trinajstić information content (AvgIpc) is 2.74. The van der Waals surface area contributed by atoms with Crippen LogP contribution in [0.5, 0.6) is 0 Å². The smallest absolute Gasteiger partial charge is 0.226 e. The molecule has 1 aromatic rings. The molecule has 1 N–H and O–H groups in total. The van der Waals surface area contributed by atoms with Crippen LogP contribution < -0.4 is 5.32 Å². The van der Waals surface area contributed by atoms with Gasteiger partial charge in [0.1, 0.15) is 0 Å². The van der Waals surface area contributed by atoms with E-state index in [-0.39, 0.29) is 12.0 Å². The Morgan fingerprint density at radius 3 is 3.00 bits per heavy atom.